The Labute approximate surface area is 116 Å². The number of hydrogen-bond acceptors (Lipinski definition) is 3. The Morgan fingerprint density at radius 2 is 2.05 bits per heavy atom. The van der Waals surface area contributed by atoms with E-state index in [1.54, 1.807) is 16.0 Å². The monoisotopic (exact) mass is 269 g/mol. The Morgan fingerprint density at radius 1 is 1.21 bits per heavy atom. The van der Waals surface area contributed by atoms with E-state index < -0.39 is 0 Å². The molecular formula is C15H15N3S. The average Bonchev–Trinajstić information content (AvgIpc) is 3.06. The van der Waals surface area contributed by atoms with Crippen LogP contribution in [0.3, 0.4) is 0 Å². The molecule has 0 atom stereocenters. The molecule has 0 bridgehead atoms. The van der Waals surface area contributed by atoms with E-state index in [0.29, 0.717) is 0 Å². The van der Waals surface area contributed by atoms with Crippen LogP contribution in [-0.4, -0.2) is 9.78 Å². The first-order valence-corrected chi connectivity index (χ1v) is 7.04. The molecule has 2 aromatic heterocycles. The molecule has 19 heavy (non-hydrogen) atoms. The molecule has 0 aliphatic carbocycles. The molecule has 1 N–H and O–H groups in total. The number of nitrogens with zero attached hydrogens (tertiary/aromatic N) is 2. The summed E-state index contributed by atoms with van der Waals surface area (Å²) in [5, 5.41) is 9.72. The van der Waals surface area contributed by atoms with Gasteiger partial charge in [0.2, 0.25) is 0 Å². The second kappa shape index (κ2) is 5.28. The third-order valence-corrected chi connectivity index (χ3v) is 3.87. The molecule has 4 heteroatoms. The van der Waals surface area contributed by atoms with Crippen molar-refractivity contribution in [2.24, 2.45) is 7.05 Å². The molecule has 0 amide bonds. The van der Waals surface area contributed by atoms with Crippen molar-refractivity contribution in [1.29, 1.82) is 0 Å². The largest absolute Gasteiger partial charge is 0.378 e. The summed E-state index contributed by atoms with van der Waals surface area (Å²) in [4.78, 5) is 1.32. The summed E-state index contributed by atoms with van der Waals surface area (Å²) in [5.74, 6) is 0. The third-order valence-electron chi connectivity index (χ3n) is 2.93. The highest BCUT2D eigenvalue weighted by molar-refractivity contribution is 7.10. The highest BCUT2D eigenvalue weighted by Gasteiger charge is 2.02. The predicted octanol–water partition coefficient (Wildman–Crippen LogP) is 3.76. The number of benzene rings is 1. The molecule has 0 unspecified atom stereocenters. The van der Waals surface area contributed by atoms with Crippen molar-refractivity contribution in [3.05, 3.63) is 59.0 Å². The average molecular weight is 269 g/mol. The lowest BCUT2D eigenvalue weighted by Crippen LogP contribution is -1.95. The van der Waals surface area contributed by atoms with Gasteiger partial charge < -0.3 is 5.32 Å². The molecule has 0 aliphatic heterocycles. The van der Waals surface area contributed by atoms with E-state index in [-0.39, 0.29) is 0 Å². The summed E-state index contributed by atoms with van der Waals surface area (Å²) >= 11 is 1.78. The van der Waals surface area contributed by atoms with Crippen molar-refractivity contribution >= 4 is 17.0 Å². The van der Waals surface area contributed by atoms with Crippen LogP contribution in [0.1, 0.15) is 4.88 Å². The van der Waals surface area contributed by atoms with Crippen LogP contribution in [0.5, 0.6) is 0 Å². The molecule has 0 spiro atoms. The van der Waals surface area contributed by atoms with E-state index in [4.69, 9.17) is 0 Å². The lowest BCUT2D eigenvalue weighted by molar-refractivity contribution is 0.768. The zero-order valence-corrected chi connectivity index (χ0v) is 11.5. The Morgan fingerprint density at radius 3 is 2.79 bits per heavy atom. The SMILES string of the molecule is Cn1cc(NCc2cc(-c3ccccc3)cs2)cn1. The van der Waals surface area contributed by atoms with E-state index in [1.807, 2.05) is 25.5 Å². The van der Waals surface area contributed by atoms with Crippen molar-refractivity contribution in [3.8, 4) is 11.1 Å². The predicted molar refractivity (Wildman–Crippen MR) is 80.3 cm³/mol. The molecule has 96 valence electrons. The number of aryl methyl sites for hydroxylation is 1. The van der Waals surface area contributed by atoms with E-state index >= 15 is 0 Å². The minimum atomic E-state index is 0.837. The highest BCUT2D eigenvalue weighted by Crippen LogP contribution is 2.25. The second-order valence-electron chi connectivity index (χ2n) is 4.42. The van der Waals surface area contributed by atoms with Gasteiger partial charge in [0.15, 0.2) is 0 Å². The normalized spacial score (nSPS) is 10.6. The fraction of sp³-hybridized carbons (Fsp3) is 0.133. The zero-order valence-electron chi connectivity index (χ0n) is 10.7. The van der Waals surface area contributed by atoms with Crippen LogP contribution in [-0.2, 0) is 13.6 Å². The fourth-order valence-corrected chi connectivity index (χ4v) is 2.79. The Hall–Kier alpha value is -2.07. The molecule has 3 aromatic rings. The maximum Gasteiger partial charge on any atom is 0.0729 e. The van der Waals surface area contributed by atoms with Crippen LogP contribution >= 0.6 is 11.3 Å². The van der Waals surface area contributed by atoms with Gasteiger partial charge in [-0.1, -0.05) is 30.3 Å². The summed E-state index contributed by atoms with van der Waals surface area (Å²) in [6, 6.07) is 12.7. The van der Waals surface area contributed by atoms with Gasteiger partial charge in [-0.05, 0) is 22.6 Å². The van der Waals surface area contributed by atoms with Gasteiger partial charge in [0.1, 0.15) is 0 Å². The third kappa shape index (κ3) is 2.85. The van der Waals surface area contributed by atoms with Gasteiger partial charge >= 0.3 is 0 Å². The topological polar surface area (TPSA) is 29.9 Å². The van der Waals surface area contributed by atoms with Crippen LogP contribution in [0.15, 0.2) is 54.2 Å². The number of anilines is 1. The number of thiophene rings is 1. The number of aromatic nitrogens is 2. The number of rotatable bonds is 4. The maximum atomic E-state index is 4.14. The van der Waals surface area contributed by atoms with Crippen molar-refractivity contribution < 1.29 is 0 Å². The fourth-order valence-electron chi connectivity index (χ4n) is 1.96. The molecule has 1 aromatic carbocycles. The Balaban J connectivity index is 1.68. The Kier molecular flexibility index (Phi) is 3.33. The van der Waals surface area contributed by atoms with Gasteiger partial charge in [-0.3, -0.25) is 4.68 Å². The highest BCUT2D eigenvalue weighted by atomic mass is 32.1. The lowest BCUT2D eigenvalue weighted by Gasteiger charge is -2.00. The standard InChI is InChI=1S/C15H15N3S/c1-18-10-14(8-17-18)16-9-15-7-13(11-19-15)12-5-3-2-4-6-12/h2-8,10-11,16H,9H2,1H3. The first kappa shape index (κ1) is 12.0. The quantitative estimate of drug-likeness (QED) is 0.781. The maximum absolute atomic E-state index is 4.14. The van der Waals surface area contributed by atoms with Gasteiger partial charge in [0, 0.05) is 24.7 Å². The van der Waals surface area contributed by atoms with E-state index in [1.165, 1.54) is 16.0 Å². The first-order chi connectivity index (χ1) is 9.31. The summed E-state index contributed by atoms with van der Waals surface area (Å²) in [7, 11) is 1.92. The first-order valence-electron chi connectivity index (χ1n) is 6.16. The van der Waals surface area contributed by atoms with Gasteiger partial charge in [-0.25, -0.2) is 0 Å². The van der Waals surface area contributed by atoms with E-state index in [2.05, 4.69) is 46.1 Å². The molecular weight excluding hydrogens is 254 g/mol. The zero-order chi connectivity index (χ0) is 13.1. The molecule has 2 heterocycles. The summed E-state index contributed by atoms with van der Waals surface area (Å²) in [5.41, 5.74) is 3.61. The van der Waals surface area contributed by atoms with Crippen LogP contribution < -0.4 is 5.32 Å². The van der Waals surface area contributed by atoms with Gasteiger partial charge in [0.05, 0.1) is 11.9 Å². The number of nitrogens with one attached hydrogen (secondary N) is 1. The minimum Gasteiger partial charge on any atom is -0.378 e. The molecule has 0 saturated carbocycles. The van der Waals surface area contributed by atoms with Crippen molar-refractivity contribution in [2.45, 2.75) is 6.54 Å². The van der Waals surface area contributed by atoms with Gasteiger partial charge in [-0.2, -0.15) is 5.10 Å². The number of hydrogen-bond donors (Lipinski definition) is 1. The molecule has 0 saturated heterocycles. The van der Waals surface area contributed by atoms with Crippen LogP contribution in [0.2, 0.25) is 0 Å². The van der Waals surface area contributed by atoms with Crippen molar-refractivity contribution in [2.75, 3.05) is 5.32 Å². The summed E-state index contributed by atoms with van der Waals surface area (Å²) in [6.07, 6.45) is 3.82. The molecule has 0 aliphatic rings. The summed E-state index contributed by atoms with van der Waals surface area (Å²) in [6.45, 7) is 0.837. The molecule has 0 fully saturated rings. The van der Waals surface area contributed by atoms with Crippen LogP contribution in [0.25, 0.3) is 11.1 Å². The smallest absolute Gasteiger partial charge is 0.0729 e. The van der Waals surface area contributed by atoms with E-state index in [9.17, 15) is 0 Å². The molecule has 3 rings (SSSR count). The molecule has 0 radical (unpaired) electrons. The molecule has 3 nitrogen and oxygen atoms in total. The lowest BCUT2D eigenvalue weighted by atomic mass is 10.1. The minimum absolute atomic E-state index is 0.837. The van der Waals surface area contributed by atoms with Crippen molar-refractivity contribution in [1.82, 2.24) is 9.78 Å². The van der Waals surface area contributed by atoms with Crippen LogP contribution in [0, 0.1) is 0 Å². The Bertz CT molecular complexity index is 655. The van der Waals surface area contributed by atoms with Crippen molar-refractivity contribution in [3.63, 3.8) is 0 Å². The van der Waals surface area contributed by atoms with Gasteiger partial charge in [0.25, 0.3) is 0 Å². The van der Waals surface area contributed by atoms with E-state index in [0.717, 1.165) is 12.2 Å². The second-order valence-corrected chi connectivity index (χ2v) is 5.42. The van der Waals surface area contributed by atoms with Gasteiger partial charge in [-0.15, -0.1) is 11.3 Å². The summed E-state index contributed by atoms with van der Waals surface area (Å²) < 4.78 is 1.80. The van der Waals surface area contributed by atoms with Crippen LogP contribution in [0.4, 0.5) is 5.69 Å².